The van der Waals surface area contributed by atoms with Gasteiger partial charge in [-0.05, 0) is 43.4 Å². The first kappa shape index (κ1) is 18.7. The van der Waals surface area contributed by atoms with Crippen LogP contribution in [0.3, 0.4) is 0 Å². The van der Waals surface area contributed by atoms with Crippen molar-refractivity contribution in [1.29, 1.82) is 0 Å². The highest BCUT2D eigenvalue weighted by atomic mass is 35.5. The third-order valence-electron chi connectivity index (χ3n) is 4.56. The number of aliphatic carboxylic acids is 1. The van der Waals surface area contributed by atoms with Crippen molar-refractivity contribution in [3.8, 4) is 0 Å². The van der Waals surface area contributed by atoms with Crippen molar-refractivity contribution in [2.45, 2.75) is 43.9 Å². The highest BCUT2D eigenvalue weighted by Gasteiger charge is 2.34. The van der Waals surface area contributed by atoms with Gasteiger partial charge < -0.3 is 15.2 Å². The summed E-state index contributed by atoms with van der Waals surface area (Å²) in [7, 11) is 0. The van der Waals surface area contributed by atoms with Crippen molar-refractivity contribution < 1.29 is 19.4 Å². The average molecular weight is 354 g/mol. The van der Waals surface area contributed by atoms with Gasteiger partial charge in [-0.15, -0.1) is 0 Å². The Hall–Kier alpha value is -1.59. The summed E-state index contributed by atoms with van der Waals surface area (Å²) in [6.45, 7) is 1.89. The van der Waals surface area contributed by atoms with Gasteiger partial charge in [-0.3, -0.25) is 9.59 Å². The highest BCUT2D eigenvalue weighted by Crippen LogP contribution is 2.35. The average Bonchev–Trinajstić information content (AvgIpc) is 2.57. The van der Waals surface area contributed by atoms with E-state index in [4.69, 9.17) is 21.4 Å². The van der Waals surface area contributed by atoms with Gasteiger partial charge in [0.1, 0.15) is 0 Å². The summed E-state index contributed by atoms with van der Waals surface area (Å²) >= 11 is 6.13. The van der Waals surface area contributed by atoms with Crippen LogP contribution in [0.25, 0.3) is 0 Å². The van der Waals surface area contributed by atoms with Crippen LogP contribution in [0.15, 0.2) is 24.3 Å². The molecule has 1 aromatic carbocycles. The van der Waals surface area contributed by atoms with E-state index in [-0.39, 0.29) is 17.7 Å². The van der Waals surface area contributed by atoms with Crippen LogP contribution in [0.1, 0.15) is 44.1 Å². The van der Waals surface area contributed by atoms with Crippen LogP contribution in [0.4, 0.5) is 0 Å². The molecular formula is C18H24ClNO4. The van der Waals surface area contributed by atoms with Crippen molar-refractivity contribution in [3.63, 3.8) is 0 Å². The quantitative estimate of drug-likeness (QED) is 0.704. The van der Waals surface area contributed by atoms with Gasteiger partial charge in [-0.2, -0.15) is 0 Å². The normalized spacial score (nSPS) is 16.5. The highest BCUT2D eigenvalue weighted by molar-refractivity contribution is 6.30. The van der Waals surface area contributed by atoms with Gasteiger partial charge in [0.05, 0.1) is 0 Å². The zero-order valence-corrected chi connectivity index (χ0v) is 14.5. The molecule has 2 rings (SSSR count). The third-order valence-corrected chi connectivity index (χ3v) is 4.79. The lowest BCUT2D eigenvalue weighted by Crippen LogP contribution is -2.44. The summed E-state index contributed by atoms with van der Waals surface area (Å²) < 4.78 is 5.48. The molecule has 1 fully saturated rings. The number of carboxylic acid groups (broad SMARTS) is 1. The number of carbonyl (C=O) groups excluding carboxylic acids is 1. The molecule has 0 saturated carbocycles. The number of ether oxygens (including phenoxy) is 1. The molecular weight excluding hydrogens is 330 g/mol. The van der Waals surface area contributed by atoms with Crippen LogP contribution in [-0.4, -0.2) is 36.7 Å². The molecule has 1 saturated heterocycles. The number of nitrogens with one attached hydrogen (secondary N) is 1. The molecule has 0 aliphatic carbocycles. The number of amides is 1. The van der Waals surface area contributed by atoms with Crippen LogP contribution >= 0.6 is 11.6 Å². The van der Waals surface area contributed by atoms with Gasteiger partial charge in [-0.1, -0.05) is 23.7 Å². The fourth-order valence-corrected chi connectivity index (χ4v) is 3.26. The molecule has 1 aliphatic heterocycles. The van der Waals surface area contributed by atoms with Crippen molar-refractivity contribution in [3.05, 3.63) is 34.9 Å². The van der Waals surface area contributed by atoms with E-state index in [0.29, 0.717) is 44.0 Å². The zero-order chi connectivity index (χ0) is 17.4. The zero-order valence-electron chi connectivity index (χ0n) is 13.7. The van der Waals surface area contributed by atoms with Crippen LogP contribution in [0.2, 0.25) is 5.02 Å². The molecule has 2 N–H and O–H groups in total. The second kappa shape index (κ2) is 9.04. The van der Waals surface area contributed by atoms with Crippen LogP contribution in [0.5, 0.6) is 0 Å². The van der Waals surface area contributed by atoms with Gasteiger partial charge in [0.2, 0.25) is 5.91 Å². The smallest absolute Gasteiger partial charge is 0.303 e. The largest absolute Gasteiger partial charge is 0.481 e. The first-order valence-electron chi connectivity index (χ1n) is 8.34. The molecule has 0 spiro atoms. The van der Waals surface area contributed by atoms with Crippen LogP contribution in [-0.2, 0) is 19.7 Å². The predicted molar refractivity (Wildman–Crippen MR) is 92.3 cm³/mol. The molecule has 1 heterocycles. The standard InChI is InChI=1S/C18H24ClNO4/c19-15-5-3-4-14(12-15)18(8-10-24-11-9-18)13-20-16(21)6-1-2-7-17(22)23/h3-5,12H,1-2,6-11,13H2,(H,20,21)(H,22,23). The lowest BCUT2D eigenvalue weighted by Gasteiger charge is -2.38. The molecule has 1 amide bonds. The summed E-state index contributed by atoms with van der Waals surface area (Å²) in [5, 5.41) is 12.3. The number of carboxylic acids is 1. The van der Waals surface area contributed by atoms with Crippen molar-refractivity contribution in [2.75, 3.05) is 19.8 Å². The Labute approximate surface area is 147 Å². The van der Waals surface area contributed by atoms with Gasteiger partial charge >= 0.3 is 5.97 Å². The maximum absolute atomic E-state index is 12.1. The van der Waals surface area contributed by atoms with Gasteiger partial charge in [-0.25, -0.2) is 0 Å². The summed E-state index contributed by atoms with van der Waals surface area (Å²) in [6, 6.07) is 7.80. The monoisotopic (exact) mass is 353 g/mol. The van der Waals surface area contributed by atoms with Gasteiger partial charge in [0.25, 0.3) is 0 Å². The Kier molecular flexibility index (Phi) is 7.06. The first-order valence-corrected chi connectivity index (χ1v) is 8.72. The summed E-state index contributed by atoms with van der Waals surface area (Å²) in [5.74, 6) is -0.856. The number of hydrogen-bond acceptors (Lipinski definition) is 3. The lowest BCUT2D eigenvalue weighted by atomic mass is 9.74. The van der Waals surface area contributed by atoms with Crippen LogP contribution < -0.4 is 5.32 Å². The van der Waals surface area contributed by atoms with E-state index in [2.05, 4.69) is 11.4 Å². The molecule has 1 aliphatic rings. The molecule has 0 bridgehead atoms. The predicted octanol–water partition coefficient (Wildman–Crippen LogP) is 3.15. The number of carbonyl (C=O) groups is 2. The third kappa shape index (κ3) is 5.49. The number of unbranched alkanes of at least 4 members (excludes halogenated alkanes) is 1. The number of halogens is 1. The van der Waals surface area contributed by atoms with Crippen molar-refractivity contribution in [1.82, 2.24) is 5.32 Å². The molecule has 0 atom stereocenters. The van der Waals surface area contributed by atoms with Crippen LogP contribution in [0, 0.1) is 0 Å². The molecule has 24 heavy (non-hydrogen) atoms. The molecule has 6 heteroatoms. The SMILES string of the molecule is O=C(O)CCCCC(=O)NCC1(c2cccc(Cl)c2)CCOCC1. The lowest BCUT2D eigenvalue weighted by molar-refractivity contribution is -0.137. The molecule has 5 nitrogen and oxygen atoms in total. The van der Waals surface area contributed by atoms with E-state index in [1.165, 1.54) is 0 Å². The fraction of sp³-hybridized carbons (Fsp3) is 0.556. The van der Waals surface area contributed by atoms with E-state index < -0.39 is 5.97 Å². The van der Waals surface area contributed by atoms with Crippen molar-refractivity contribution in [2.24, 2.45) is 0 Å². The van der Waals surface area contributed by atoms with E-state index in [1.54, 1.807) is 0 Å². The Morgan fingerprint density at radius 1 is 1.21 bits per heavy atom. The first-order chi connectivity index (χ1) is 11.5. The maximum atomic E-state index is 12.1. The van der Waals surface area contributed by atoms with Gasteiger partial charge in [0, 0.05) is 43.0 Å². The summed E-state index contributed by atoms with van der Waals surface area (Å²) in [5.41, 5.74) is 0.976. The minimum atomic E-state index is -0.822. The Balaban J connectivity index is 1.92. The molecule has 0 aromatic heterocycles. The Morgan fingerprint density at radius 2 is 1.92 bits per heavy atom. The summed E-state index contributed by atoms with van der Waals surface area (Å²) in [6.07, 6.45) is 3.26. The van der Waals surface area contributed by atoms with Gasteiger partial charge in [0.15, 0.2) is 0 Å². The second-order valence-electron chi connectivity index (χ2n) is 6.28. The molecule has 1 aromatic rings. The maximum Gasteiger partial charge on any atom is 0.303 e. The van der Waals surface area contributed by atoms with E-state index in [0.717, 1.165) is 18.4 Å². The molecule has 0 radical (unpaired) electrons. The minimum absolute atomic E-state index is 0.0340. The molecule has 132 valence electrons. The number of hydrogen-bond donors (Lipinski definition) is 2. The Morgan fingerprint density at radius 3 is 2.58 bits per heavy atom. The fourth-order valence-electron chi connectivity index (χ4n) is 3.07. The van der Waals surface area contributed by atoms with E-state index in [1.807, 2.05) is 18.2 Å². The van der Waals surface area contributed by atoms with Crippen molar-refractivity contribution >= 4 is 23.5 Å². The topological polar surface area (TPSA) is 75.6 Å². The summed E-state index contributed by atoms with van der Waals surface area (Å²) in [4.78, 5) is 22.5. The minimum Gasteiger partial charge on any atom is -0.481 e. The Bertz CT molecular complexity index is 570. The second-order valence-corrected chi connectivity index (χ2v) is 6.72. The van der Waals surface area contributed by atoms with E-state index in [9.17, 15) is 9.59 Å². The number of rotatable bonds is 8. The van der Waals surface area contributed by atoms with E-state index >= 15 is 0 Å². The molecule has 0 unspecified atom stereocenters. The number of benzene rings is 1.